The van der Waals surface area contributed by atoms with Crippen molar-refractivity contribution in [3.05, 3.63) is 47.5 Å². The molecule has 10 nitrogen and oxygen atoms in total. The van der Waals surface area contributed by atoms with E-state index in [4.69, 9.17) is 16.3 Å². The Labute approximate surface area is 229 Å². The minimum Gasteiger partial charge on any atom is -0.492 e. The fourth-order valence-electron chi connectivity index (χ4n) is 4.60. The van der Waals surface area contributed by atoms with E-state index in [1.807, 2.05) is 7.05 Å². The number of ether oxygens (including phenoxy) is 1. The summed E-state index contributed by atoms with van der Waals surface area (Å²) in [6, 6.07) is 10.5. The second kappa shape index (κ2) is 11.9. The number of piperazine rings is 1. The van der Waals surface area contributed by atoms with Crippen LogP contribution in [0.4, 0.5) is 5.69 Å². The molecule has 208 valence electrons. The molecule has 2 aliphatic rings. The molecule has 2 saturated heterocycles. The molecule has 0 unspecified atom stereocenters. The number of nitrogens with zero attached hydrogens (tertiary/aromatic N) is 3. The standard InChI is InChI=1S/C25H33ClN4O6S2/c1-3-36-23-11-6-20(26)17-24(23)38(34,35)30-12-4-5-19(18-30)25(31)27-21-7-9-22(10-8-21)37(32,33)29-15-13-28(2)14-16-29/h6-11,17,19H,3-5,12-16,18H2,1-2H3,(H,27,31)/t19-/m1/s1. The highest BCUT2D eigenvalue weighted by molar-refractivity contribution is 7.89. The first-order valence-electron chi connectivity index (χ1n) is 12.5. The van der Waals surface area contributed by atoms with Gasteiger partial charge in [0.15, 0.2) is 0 Å². The Kier molecular flexibility index (Phi) is 9.00. The highest BCUT2D eigenvalue weighted by Gasteiger charge is 2.35. The molecule has 1 amide bonds. The van der Waals surface area contributed by atoms with Crippen molar-refractivity contribution in [3.63, 3.8) is 0 Å². The molecule has 2 heterocycles. The summed E-state index contributed by atoms with van der Waals surface area (Å²) in [6.45, 7) is 4.56. The lowest BCUT2D eigenvalue weighted by Gasteiger charge is -2.32. The van der Waals surface area contributed by atoms with Gasteiger partial charge in [-0.3, -0.25) is 4.79 Å². The van der Waals surface area contributed by atoms with Gasteiger partial charge in [-0.2, -0.15) is 8.61 Å². The van der Waals surface area contributed by atoms with E-state index in [0.717, 1.165) is 0 Å². The van der Waals surface area contributed by atoms with Crippen LogP contribution in [0.3, 0.4) is 0 Å². The normalized spacial score (nSPS) is 20.2. The number of amides is 1. The number of carbonyl (C=O) groups is 1. The average Bonchev–Trinajstić information content (AvgIpc) is 2.90. The Morgan fingerprint density at radius 1 is 0.974 bits per heavy atom. The number of likely N-dealkylation sites (N-methyl/N-ethyl adjacent to an activating group) is 1. The highest BCUT2D eigenvalue weighted by Crippen LogP contribution is 2.32. The smallest absolute Gasteiger partial charge is 0.246 e. The lowest BCUT2D eigenvalue weighted by Crippen LogP contribution is -2.47. The largest absolute Gasteiger partial charge is 0.492 e. The summed E-state index contributed by atoms with van der Waals surface area (Å²) < 4.78 is 61.0. The van der Waals surface area contributed by atoms with Gasteiger partial charge in [0.25, 0.3) is 0 Å². The molecule has 4 rings (SSSR count). The number of rotatable bonds is 8. The zero-order valence-corrected chi connectivity index (χ0v) is 23.9. The van der Waals surface area contributed by atoms with E-state index in [1.165, 1.54) is 32.9 Å². The lowest BCUT2D eigenvalue weighted by molar-refractivity contribution is -0.120. The topological polar surface area (TPSA) is 116 Å². The van der Waals surface area contributed by atoms with E-state index in [9.17, 15) is 21.6 Å². The van der Waals surface area contributed by atoms with Crippen LogP contribution in [0.2, 0.25) is 5.02 Å². The van der Waals surface area contributed by atoms with Crippen LogP contribution in [0, 0.1) is 5.92 Å². The summed E-state index contributed by atoms with van der Waals surface area (Å²) in [7, 11) is -5.60. The maximum atomic E-state index is 13.4. The van der Waals surface area contributed by atoms with Crippen molar-refractivity contribution in [2.24, 2.45) is 5.92 Å². The van der Waals surface area contributed by atoms with Gasteiger partial charge in [-0.05, 0) is 69.3 Å². The summed E-state index contributed by atoms with van der Waals surface area (Å²) in [5.74, 6) is -0.673. The van der Waals surface area contributed by atoms with Gasteiger partial charge < -0.3 is 15.0 Å². The first kappa shape index (κ1) is 28.8. The molecule has 38 heavy (non-hydrogen) atoms. The predicted molar refractivity (Wildman–Crippen MR) is 145 cm³/mol. The highest BCUT2D eigenvalue weighted by atomic mass is 35.5. The number of nitrogens with one attached hydrogen (secondary N) is 1. The van der Waals surface area contributed by atoms with Crippen LogP contribution < -0.4 is 10.1 Å². The van der Waals surface area contributed by atoms with Gasteiger partial charge in [0, 0.05) is 50.0 Å². The molecule has 0 saturated carbocycles. The molecule has 0 bridgehead atoms. The zero-order chi connectivity index (χ0) is 27.5. The Bertz CT molecular complexity index is 1360. The third kappa shape index (κ3) is 6.32. The molecule has 2 fully saturated rings. The maximum Gasteiger partial charge on any atom is 0.246 e. The number of piperidine rings is 1. The van der Waals surface area contributed by atoms with E-state index < -0.39 is 26.0 Å². The number of anilines is 1. The van der Waals surface area contributed by atoms with Gasteiger partial charge in [-0.15, -0.1) is 0 Å². The number of sulfonamides is 2. The van der Waals surface area contributed by atoms with Crippen molar-refractivity contribution >= 4 is 43.2 Å². The predicted octanol–water partition coefficient (Wildman–Crippen LogP) is 2.71. The van der Waals surface area contributed by atoms with E-state index in [0.29, 0.717) is 51.3 Å². The monoisotopic (exact) mass is 584 g/mol. The summed E-state index contributed by atoms with van der Waals surface area (Å²) in [5, 5.41) is 3.08. The van der Waals surface area contributed by atoms with E-state index in [2.05, 4.69) is 10.2 Å². The molecular formula is C25H33ClN4O6S2. The maximum absolute atomic E-state index is 13.4. The lowest BCUT2D eigenvalue weighted by atomic mass is 9.99. The Morgan fingerprint density at radius 3 is 2.32 bits per heavy atom. The number of hydrogen-bond acceptors (Lipinski definition) is 7. The SMILES string of the molecule is CCOc1ccc(Cl)cc1S(=O)(=O)N1CCC[C@@H](C(=O)Nc2ccc(S(=O)(=O)N3CCN(C)CC3)cc2)C1. The molecule has 1 N–H and O–H groups in total. The van der Waals surface area contributed by atoms with Crippen LogP contribution in [0.5, 0.6) is 5.75 Å². The summed E-state index contributed by atoms with van der Waals surface area (Å²) >= 11 is 6.08. The summed E-state index contributed by atoms with van der Waals surface area (Å²) in [5.41, 5.74) is 0.445. The van der Waals surface area contributed by atoms with Gasteiger partial charge in [0.05, 0.1) is 17.4 Å². The molecule has 0 aromatic heterocycles. The van der Waals surface area contributed by atoms with Crippen LogP contribution in [-0.4, -0.2) is 89.2 Å². The van der Waals surface area contributed by atoms with Gasteiger partial charge in [-0.25, -0.2) is 16.8 Å². The Morgan fingerprint density at radius 2 is 1.66 bits per heavy atom. The van der Waals surface area contributed by atoms with Crippen molar-refractivity contribution in [2.75, 3.05) is 58.2 Å². The minimum absolute atomic E-state index is 0.0160. The Balaban J connectivity index is 1.43. The molecular weight excluding hydrogens is 552 g/mol. The average molecular weight is 585 g/mol. The van der Waals surface area contributed by atoms with Gasteiger partial charge >= 0.3 is 0 Å². The van der Waals surface area contributed by atoms with E-state index in [-0.39, 0.29) is 39.6 Å². The number of benzene rings is 2. The van der Waals surface area contributed by atoms with E-state index in [1.54, 1.807) is 25.1 Å². The number of carbonyl (C=O) groups excluding carboxylic acids is 1. The third-order valence-corrected chi connectivity index (χ3v) is 10.8. The molecule has 0 aliphatic carbocycles. The number of hydrogen-bond donors (Lipinski definition) is 1. The Hall–Kier alpha value is -2.22. The van der Waals surface area contributed by atoms with Gasteiger partial charge in [0.2, 0.25) is 26.0 Å². The summed E-state index contributed by atoms with van der Waals surface area (Å²) in [6.07, 6.45) is 1.05. The summed E-state index contributed by atoms with van der Waals surface area (Å²) in [4.78, 5) is 15.3. The first-order valence-corrected chi connectivity index (χ1v) is 15.8. The fourth-order valence-corrected chi connectivity index (χ4v) is 7.94. The van der Waals surface area contributed by atoms with Gasteiger partial charge in [0.1, 0.15) is 10.6 Å². The van der Waals surface area contributed by atoms with Crippen LogP contribution in [0.25, 0.3) is 0 Å². The molecule has 0 spiro atoms. The van der Waals surface area contributed by atoms with Crippen molar-refractivity contribution in [1.29, 1.82) is 0 Å². The molecule has 2 aliphatic heterocycles. The first-order chi connectivity index (χ1) is 18.0. The van der Waals surface area contributed by atoms with Crippen LogP contribution in [0.15, 0.2) is 52.3 Å². The zero-order valence-electron chi connectivity index (χ0n) is 21.5. The van der Waals surface area contributed by atoms with Crippen molar-refractivity contribution in [1.82, 2.24) is 13.5 Å². The quantitative estimate of drug-likeness (QED) is 0.507. The molecule has 2 aromatic carbocycles. The van der Waals surface area contributed by atoms with E-state index >= 15 is 0 Å². The molecule has 0 radical (unpaired) electrons. The second-order valence-electron chi connectivity index (χ2n) is 9.45. The van der Waals surface area contributed by atoms with Crippen LogP contribution >= 0.6 is 11.6 Å². The van der Waals surface area contributed by atoms with Crippen molar-refractivity contribution in [2.45, 2.75) is 29.6 Å². The number of halogens is 1. The van der Waals surface area contributed by atoms with Crippen molar-refractivity contribution in [3.8, 4) is 5.75 Å². The van der Waals surface area contributed by atoms with Crippen LogP contribution in [0.1, 0.15) is 19.8 Å². The third-order valence-electron chi connectivity index (χ3n) is 6.80. The molecule has 13 heteroatoms. The molecule has 2 aromatic rings. The van der Waals surface area contributed by atoms with Crippen LogP contribution in [-0.2, 0) is 24.8 Å². The van der Waals surface area contributed by atoms with Gasteiger partial charge in [-0.1, -0.05) is 11.6 Å². The molecule has 1 atom stereocenters. The minimum atomic E-state index is -3.94. The van der Waals surface area contributed by atoms with Crippen molar-refractivity contribution < 1.29 is 26.4 Å². The second-order valence-corrected chi connectivity index (χ2v) is 13.7. The fraction of sp³-hybridized carbons (Fsp3) is 0.480.